The Labute approximate surface area is 132 Å². The Morgan fingerprint density at radius 1 is 1.32 bits per heavy atom. The van der Waals surface area contributed by atoms with Crippen molar-refractivity contribution in [2.75, 3.05) is 6.54 Å². The number of rotatable bonds is 5. The minimum absolute atomic E-state index is 0.0465. The highest BCUT2D eigenvalue weighted by atomic mass is 16.4. The molecule has 2 unspecified atom stereocenters. The first-order valence-corrected chi connectivity index (χ1v) is 7.99. The molecule has 1 aromatic carbocycles. The number of hydrogen-bond donors (Lipinski definition) is 1. The quantitative estimate of drug-likeness (QED) is 0.907. The Hall–Kier alpha value is -1.84. The normalized spacial score (nSPS) is 22.6. The van der Waals surface area contributed by atoms with Crippen molar-refractivity contribution in [3.63, 3.8) is 0 Å². The highest BCUT2D eigenvalue weighted by Gasteiger charge is 2.45. The van der Waals surface area contributed by atoms with Gasteiger partial charge in [-0.25, -0.2) is 4.79 Å². The van der Waals surface area contributed by atoms with Crippen LogP contribution in [0.4, 0.5) is 0 Å². The molecular formula is C18H25NO3. The summed E-state index contributed by atoms with van der Waals surface area (Å²) in [5.74, 6) is -0.802. The van der Waals surface area contributed by atoms with Crippen LogP contribution in [0.3, 0.4) is 0 Å². The molecule has 1 aliphatic heterocycles. The smallest absolute Gasteiger partial charge is 0.329 e. The number of amides is 1. The summed E-state index contributed by atoms with van der Waals surface area (Å²) in [7, 11) is 0. The average Bonchev–Trinajstić information content (AvgIpc) is 2.89. The molecule has 1 saturated heterocycles. The second-order valence-corrected chi connectivity index (χ2v) is 6.45. The van der Waals surface area contributed by atoms with Gasteiger partial charge in [0.1, 0.15) is 5.54 Å². The van der Waals surface area contributed by atoms with Crippen LogP contribution in [0.25, 0.3) is 0 Å². The van der Waals surface area contributed by atoms with Crippen LogP contribution in [0.1, 0.15) is 56.6 Å². The van der Waals surface area contributed by atoms with Crippen molar-refractivity contribution in [2.24, 2.45) is 0 Å². The summed E-state index contributed by atoms with van der Waals surface area (Å²) >= 11 is 0. The van der Waals surface area contributed by atoms with Crippen molar-refractivity contribution in [3.05, 3.63) is 35.4 Å². The number of carboxylic acid groups (broad SMARTS) is 1. The van der Waals surface area contributed by atoms with E-state index in [2.05, 4.69) is 31.2 Å². The molecule has 1 amide bonds. The standard InChI is InChI=1S/C18H25NO3/c1-4-14(15-8-6-13(2)7-9-15)12-16(20)19-11-5-10-18(19,3)17(21)22/h6-9,14H,4-5,10-12H2,1-3H3,(H,21,22). The third kappa shape index (κ3) is 3.16. The Balaban J connectivity index is 2.12. The lowest BCUT2D eigenvalue weighted by molar-refractivity contribution is -0.155. The van der Waals surface area contributed by atoms with Gasteiger partial charge in [0.25, 0.3) is 0 Å². The van der Waals surface area contributed by atoms with Gasteiger partial charge in [0.15, 0.2) is 0 Å². The van der Waals surface area contributed by atoms with Crippen molar-refractivity contribution < 1.29 is 14.7 Å². The van der Waals surface area contributed by atoms with Gasteiger partial charge in [-0.15, -0.1) is 0 Å². The monoisotopic (exact) mass is 303 g/mol. The van der Waals surface area contributed by atoms with E-state index in [0.717, 1.165) is 18.4 Å². The average molecular weight is 303 g/mol. The van der Waals surface area contributed by atoms with Crippen LogP contribution < -0.4 is 0 Å². The molecule has 1 fully saturated rings. The molecule has 1 aliphatic rings. The minimum atomic E-state index is -1.04. The van der Waals surface area contributed by atoms with Crippen LogP contribution in [0, 0.1) is 6.92 Å². The van der Waals surface area contributed by atoms with Gasteiger partial charge in [-0.3, -0.25) is 4.79 Å². The predicted octanol–water partition coefficient (Wildman–Crippen LogP) is 3.34. The van der Waals surface area contributed by atoms with E-state index in [-0.39, 0.29) is 11.8 Å². The van der Waals surface area contributed by atoms with Crippen LogP contribution in [-0.4, -0.2) is 34.0 Å². The summed E-state index contributed by atoms with van der Waals surface area (Å²) in [6.45, 7) is 6.32. The summed E-state index contributed by atoms with van der Waals surface area (Å²) in [5, 5.41) is 9.44. The highest BCUT2D eigenvalue weighted by Crippen LogP contribution is 2.32. The fraction of sp³-hybridized carbons (Fsp3) is 0.556. The molecule has 1 N–H and O–H groups in total. The number of aryl methyl sites for hydroxylation is 1. The number of carbonyl (C=O) groups is 2. The molecule has 0 saturated carbocycles. The molecule has 120 valence electrons. The molecule has 1 aromatic rings. The lowest BCUT2D eigenvalue weighted by atomic mass is 9.91. The van der Waals surface area contributed by atoms with E-state index >= 15 is 0 Å². The summed E-state index contributed by atoms with van der Waals surface area (Å²) in [5.41, 5.74) is 1.31. The van der Waals surface area contributed by atoms with E-state index in [4.69, 9.17) is 0 Å². The van der Waals surface area contributed by atoms with Crippen LogP contribution in [0.15, 0.2) is 24.3 Å². The van der Waals surface area contributed by atoms with Crippen LogP contribution in [-0.2, 0) is 9.59 Å². The topological polar surface area (TPSA) is 57.6 Å². The SMILES string of the molecule is CCC(CC(=O)N1CCCC1(C)C(=O)O)c1ccc(C)cc1. The van der Waals surface area contributed by atoms with Crippen LogP contribution in [0.5, 0.6) is 0 Å². The second kappa shape index (κ2) is 6.51. The van der Waals surface area contributed by atoms with Gasteiger partial charge >= 0.3 is 5.97 Å². The number of carboxylic acids is 1. The summed E-state index contributed by atoms with van der Waals surface area (Å²) in [4.78, 5) is 25.7. The minimum Gasteiger partial charge on any atom is -0.480 e. The fourth-order valence-corrected chi connectivity index (χ4v) is 3.24. The zero-order valence-electron chi connectivity index (χ0n) is 13.6. The molecule has 1 heterocycles. The van der Waals surface area contributed by atoms with E-state index in [1.54, 1.807) is 11.8 Å². The molecule has 4 heteroatoms. The first-order valence-electron chi connectivity index (χ1n) is 7.99. The first-order chi connectivity index (χ1) is 10.4. The van der Waals surface area contributed by atoms with Gasteiger partial charge < -0.3 is 10.0 Å². The molecule has 0 aliphatic carbocycles. The van der Waals surface area contributed by atoms with E-state index in [1.165, 1.54) is 5.56 Å². The molecule has 2 atom stereocenters. The highest BCUT2D eigenvalue weighted by molar-refractivity contribution is 5.87. The number of carbonyl (C=O) groups excluding carboxylic acids is 1. The Morgan fingerprint density at radius 3 is 2.50 bits per heavy atom. The molecule has 0 spiro atoms. The molecule has 0 aromatic heterocycles. The van der Waals surface area contributed by atoms with Crippen LogP contribution in [0.2, 0.25) is 0 Å². The Kier molecular flexibility index (Phi) is 4.89. The maximum atomic E-state index is 12.6. The number of benzene rings is 1. The number of likely N-dealkylation sites (tertiary alicyclic amines) is 1. The maximum absolute atomic E-state index is 12.6. The van der Waals surface area contributed by atoms with E-state index < -0.39 is 11.5 Å². The summed E-state index contributed by atoms with van der Waals surface area (Å²) in [6.07, 6.45) is 2.54. The van der Waals surface area contributed by atoms with Gasteiger partial charge in [-0.1, -0.05) is 36.8 Å². The maximum Gasteiger partial charge on any atom is 0.329 e. The molecule has 2 rings (SSSR count). The lowest BCUT2D eigenvalue weighted by Gasteiger charge is -2.32. The Bertz CT molecular complexity index is 552. The zero-order valence-corrected chi connectivity index (χ0v) is 13.6. The van der Waals surface area contributed by atoms with Crippen molar-refractivity contribution >= 4 is 11.9 Å². The first kappa shape index (κ1) is 16.5. The van der Waals surface area contributed by atoms with Gasteiger partial charge in [0.2, 0.25) is 5.91 Å². The lowest BCUT2D eigenvalue weighted by Crippen LogP contribution is -2.51. The van der Waals surface area contributed by atoms with Gasteiger partial charge in [-0.2, -0.15) is 0 Å². The number of hydrogen-bond acceptors (Lipinski definition) is 2. The van der Waals surface area contributed by atoms with E-state index in [9.17, 15) is 14.7 Å². The summed E-state index contributed by atoms with van der Waals surface area (Å²) < 4.78 is 0. The van der Waals surface area contributed by atoms with Crippen molar-refractivity contribution in [1.82, 2.24) is 4.90 Å². The molecule has 22 heavy (non-hydrogen) atoms. The number of aliphatic carboxylic acids is 1. The van der Waals surface area contributed by atoms with Crippen LogP contribution >= 0.6 is 0 Å². The van der Waals surface area contributed by atoms with Gasteiger partial charge in [0.05, 0.1) is 0 Å². The number of nitrogens with zero attached hydrogens (tertiary/aromatic N) is 1. The zero-order chi connectivity index (χ0) is 16.3. The van der Waals surface area contributed by atoms with Gasteiger partial charge in [-0.05, 0) is 44.6 Å². The largest absolute Gasteiger partial charge is 0.480 e. The van der Waals surface area contributed by atoms with Crippen molar-refractivity contribution in [1.29, 1.82) is 0 Å². The predicted molar refractivity (Wildman–Crippen MR) is 85.8 cm³/mol. The Morgan fingerprint density at radius 2 is 1.95 bits per heavy atom. The molecular weight excluding hydrogens is 278 g/mol. The molecule has 0 bridgehead atoms. The molecule has 4 nitrogen and oxygen atoms in total. The van der Waals surface area contributed by atoms with E-state index in [0.29, 0.717) is 19.4 Å². The second-order valence-electron chi connectivity index (χ2n) is 6.45. The third-order valence-electron chi connectivity index (χ3n) is 4.87. The fourth-order valence-electron chi connectivity index (χ4n) is 3.24. The third-order valence-corrected chi connectivity index (χ3v) is 4.87. The van der Waals surface area contributed by atoms with Crippen molar-refractivity contribution in [2.45, 2.75) is 57.9 Å². The van der Waals surface area contributed by atoms with Gasteiger partial charge in [0, 0.05) is 13.0 Å². The van der Waals surface area contributed by atoms with Crippen molar-refractivity contribution in [3.8, 4) is 0 Å². The molecule has 0 radical (unpaired) electrons. The summed E-state index contributed by atoms with van der Waals surface area (Å²) in [6, 6.07) is 8.24. The van der Waals surface area contributed by atoms with E-state index in [1.807, 2.05) is 6.92 Å².